The van der Waals surface area contributed by atoms with Crippen molar-refractivity contribution in [3.63, 3.8) is 0 Å². The van der Waals surface area contributed by atoms with Crippen LogP contribution in [0.15, 0.2) is 4.79 Å². The third-order valence-corrected chi connectivity index (χ3v) is 3.22. The van der Waals surface area contributed by atoms with Crippen molar-refractivity contribution in [1.82, 2.24) is 9.97 Å². The second-order valence-corrected chi connectivity index (χ2v) is 4.43. The number of nitrogens with one attached hydrogen (secondary N) is 3. The first-order valence-corrected chi connectivity index (χ1v) is 5.79. The molecule has 2 unspecified atom stereocenters. The largest absolute Gasteiger partial charge is 0.468 e. The van der Waals surface area contributed by atoms with E-state index in [2.05, 4.69) is 20.6 Å². The fourth-order valence-electron chi connectivity index (χ4n) is 2.20. The molecule has 1 fully saturated rings. The molecule has 0 saturated carbocycles. The summed E-state index contributed by atoms with van der Waals surface area (Å²) in [5.41, 5.74) is -0.251. The van der Waals surface area contributed by atoms with Gasteiger partial charge in [0.05, 0.1) is 19.8 Å². The van der Waals surface area contributed by atoms with Gasteiger partial charge in [-0.25, -0.2) is 0 Å². The van der Waals surface area contributed by atoms with E-state index in [0.29, 0.717) is 0 Å². The quantitative estimate of drug-likeness (QED) is 0.399. The predicted octanol–water partition coefficient (Wildman–Crippen LogP) is -1.94. The summed E-state index contributed by atoms with van der Waals surface area (Å²) in [7, 11) is 1.39. The zero-order valence-electron chi connectivity index (χ0n) is 10.1. The van der Waals surface area contributed by atoms with Gasteiger partial charge in [0.15, 0.2) is 12.0 Å². The van der Waals surface area contributed by atoms with Crippen LogP contribution in [0.3, 0.4) is 0 Å². The topological polar surface area (TPSA) is 129 Å². The maximum Gasteiger partial charge on any atom is 0.298 e. The van der Waals surface area contributed by atoms with Gasteiger partial charge >= 0.3 is 0 Å². The molecule has 4 atom stereocenters. The van der Waals surface area contributed by atoms with Gasteiger partial charge in [0.1, 0.15) is 17.9 Å². The van der Waals surface area contributed by atoms with Crippen LogP contribution in [0.1, 0.15) is 0 Å². The monoisotopic (exact) mass is 270 g/mol. The summed E-state index contributed by atoms with van der Waals surface area (Å²) < 4.78 is 10.2. The molecule has 0 spiro atoms. The molecule has 3 rings (SSSR count). The van der Waals surface area contributed by atoms with Crippen LogP contribution < -0.4 is 20.9 Å². The van der Waals surface area contributed by atoms with E-state index in [9.17, 15) is 15.0 Å². The van der Waals surface area contributed by atoms with Crippen LogP contribution in [-0.4, -0.2) is 58.4 Å². The number of rotatable bonds is 1. The first kappa shape index (κ1) is 12.2. The van der Waals surface area contributed by atoms with E-state index in [-0.39, 0.29) is 24.1 Å². The van der Waals surface area contributed by atoms with E-state index in [1.807, 2.05) is 0 Å². The maximum absolute atomic E-state index is 11.8. The Bertz CT molecular complexity index is 547. The lowest BCUT2D eigenvalue weighted by atomic mass is 9.99. The van der Waals surface area contributed by atoms with E-state index in [1.165, 1.54) is 7.11 Å². The SMILES string of the molecule is COc1nc2c(c(=O)[nH]1)NC1C(N2)OC[C@@H](O)[C@@H]1O. The molecule has 0 aliphatic carbocycles. The van der Waals surface area contributed by atoms with Gasteiger partial charge < -0.3 is 30.3 Å². The normalized spacial score (nSPS) is 32.6. The summed E-state index contributed by atoms with van der Waals surface area (Å²) in [5.74, 6) is 0.283. The zero-order chi connectivity index (χ0) is 13.6. The average molecular weight is 270 g/mol. The molecule has 9 heteroatoms. The minimum absolute atomic E-state index is 0.00662. The van der Waals surface area contributed by atoms with Crippen molar-refractivity contribution in [3.8, 4) is 6.01 Å². The molecule has 9 nitrogen and oxygen atoms in total. The summed E-state index contributed by atoms with van der Waals surface area (Å²) in [6, 6.07) is -0.555. The second kappa shape index (κ2) is 4.37. The van der Waals surface area contributed by atoms with Crippen molar-refractivity contribution >= 4 is 11.5 Å². The zero-order valence-corrected chi connectivity index (χ0v) is 10.1. The molecule has 3 heterocycles. The van der Waals surface area contributed by atoms with E-state index < -0.39 is 30.0 Å². The van der Waals surface area contributed by atoms with Crippen LogP contribution in [0.4, 0.5) is 11.5 Å². The molecular weight excluding hydrogens is 256 g/mol. The molecule has 0 aromatic carbocycles. The number of aromatic nitrogens is 2. The van der Waals surface area contributed by atoms with E-state index in [0.717, 1.165) is 0 Å². The molecule has 0 bridgehead atoms. The van der Waals surface area contributed by atoms with Gasteiger partial charge in [-0.1, -0.05) is 0 Å². The minimum Gasteiger partial charge on any atom is -0.468 e. The number of methoxy groups -OCH3 is 1. The minimum atomic E-state index is -1.04. The summed E-state index contributed by atoms with van der Waals surface area (Å²) in [6.07, 6.45) is -2.62. The average Bonchev–Trinajstić information content (AvgIpc) is 2.41. The standard InChI is InChI=1S/C10H14N4O5/c1-18-10-13-7-5(8(17)14-10)11-4-6(16)3(15)2-19-9(4)12-7/h3-4,6,9,11,15-16H,2H2,1H3,(H2,12,13,14,17)/t3-,4?,6+,9?/m1/s1. The molecule has 0 radical (unpaired) electrons. The maximum atomic E-state index is 11.8. The number of hydrogen-bond acceptors (Lipinski definition) is 8. The highest BCUT2D eigenvalue weighted by molar-refractivity contribution is 5.67. The predicted molar refractivity (Wildman–Crippen MR) is 64.2 cm³/mol. The molecule has 1 aromatic heterocycles. The molecule has 5 N–H and O–H groups in total. The van der Waals surface area contributed by atoms with Crippen LogP contribution in [0.2, 0.25) is 0 Å². The number of nitrogens with zero attached hydrogens (tertiary/aromatic N) is 1. The van der Waals surface area contributed by atoms with Crippen LogP contribution in [-0.2, 0) is 4.74 Å². The van der Waals surface area contributed by atoms with E-state index in [1.54, 1.807) is 0 Å². The van der Waals surface area contributed by atoms with E-state index in [4.69, 9.17) is 9.47 Å². The molecule has 104 valence electrons. The van der Waals surface area contributed by atoms with Gasteiger partial charge in [-0.3, -0.25) is 9.78 Å². The molecule has 0 amide bonds. The molecule has 1 aromatic rings. The van der Waals surface area contributed by atoms with Crippen LogP contribution in [0.5, 0.6) is 6.01 Å². The highest BCUT2D eigenvalue weighted by Gasteiger charge is 2.42. The Morgan fingerprint density at radius 3 is 2.95 bits per heavy atom. The molecule has 2 aliphatic rings. The van der Waals surface area contributed by atoms with Crippen molar-refractivity contribution in [1.29, 1.82) is 0 Å². The van der Waals surface area contributed by atoms with E-state index >= 15 is 0 Å². The van der Waals surface area contributed by atoms with Crippen molar-refractivity contribution in [2.75, 3.05) is 24.4 Å². The van der Waals surface area contributed by atoms with Gasteiger partial charge in [0.2, 0.25) is 0 Å². The van der Waals surface area contributed by atoms with Gasteiger partial charge in [-0.05, 0) is 0 Å². The fraction of sp³-hybridized carbons (Fsp3) is 0.600. The molecule has 2 aliphatic heterocycles. The van der Waals surface area contributed by atoms with Crippen LogP contribution in [0, 0.1) is 0 Å². The highest BCUT2D eigenvalue weighted by Crippen LogP contribution is 2.29. The number of hydrogen-bond donors (Lipinski definition) is 5. The van der Waals surface area contributed by atoms with Crippen LogP contribution in [0.25, 0.3) is 0 Å². The summed E-state index contributed by atoms with van der Waals surface area (Å²) in [4.78, 5) is 18.3. The lowest BCUT2D eigenvalue weighted by Gasteiger charge is -2.42. The summed E-state index contributed by atoms with van der Waals surface area (Å²) >= 11 is 0. The lowest BCUT2D eigenvalue weighted by molar-refractivity contribution is -0.121. The van der Waals surface area contributed by atoms with Crippen molar-refractivity contribution in [3.05, 3.63) is 10.4 Å². The second-order valence-electron chi connectivity index (χ2n) is 4.43. The number of aliphatic hydroxyl groups excluding tert-OH is 2. The number of H-pyrrole nitrogens is 1. The van der Waals surface area contributed by atoms with Gasteiger partial charge in [-0.2, -0.15) is 4.98 Å². The van der Waals surface area contributed by atoms with Crippen molar-refractivity contribution in [2.24, 2.45) is 0 Å². The lowest BCUT2D eigenvalue weighted by Crippen LogP contribution is -2.61. The summed E-state index contributed by atoms with van der Waals surface area (Å²) in [6.45, 7) is 0.00662. The Kier molecular flexibility index (Phi) is 2.81. The smallest absolute Gasteiger partial charge is 0.298 e. The Morgan fingerprint density at radius 2 is 2.21 bits per heavy atom. The number of ether oxygens (including phenoxy) is 2. The Labute approximate surface area is 107 Å². The molecule has 1 saturated heterocycles. The van der Waals surface area contributed by atoms with Crippen LogP contribution >= 0.6 is 0 Å². The summed E-state index contributed by atoms with van der Waals surface area (Å²) in [5, 5.41) is 25.2. The first-order chi connectivity index (χ1) is 9.10. The third-order valence-electron chi connectivity index (χ3n) is 3.22. The Morgan fingerprint density at radius 1 is 1.42 bits per heavy atom. The van der Waals surface area contributed by atoms with Crippen molar-refractivity contribution < 1.29 is 19.7 Å². The number of anilines is 2. The van der Waals surface area contributed by atoms with Gasteiger partial charge in [0.25, 0.3) is 11.6 Å². The number of aliphatic hydroxyl groups is 2. The molecule has 19 heavy (non-hydrogen) atoms. The number of fused-ring (bicyclic) bond motifs is 2. The van der Waals surface area contributed by atoms with Crippen molar-refractivity contribution in [2.45, 2.75) is 24.5 Å². The highest BCUT2D eigenvalue weighted by atomic mass is 16.5. The fourth-order valence-corrected chi connectivity index (χ4v) is 2.20. The first-order valence-electron chi connectivity index (χ1n) is 5.79. The third kappa shape index (κ3) is 1.91. The van der Waals surface area contributed by atoms with Gasteiger partial charge in [0, 0.05) is 0 Å². The van der Waals surface area contributed by atoms with Gasteiger partial charge in [-0.15, -0.1) is 0 Å². The molecular formula is C10H14N4O5. The Hall–Kier alpha value is -1.84. The number of aromatic amines is 1. The Balaban J connectivity index is 1.98.